The first-order valence-electron chi connectivity index (χ1n) is 9.27. The highest BCUT2D eigenvalue weighted by Gasteiger charge is 2.23. The Bertz CT molecular complexity index is 1150. The van der Waals surface area contributed by atoms with Crippen molar-refractivity contribution in [2.45, 2.75) is 32.7 Å². The molecule has 0 spiro atoms. The van der Waals surface area contributed by atoms with Crippen molar-refractivity contribution in [3.05, 3.63) is 45.3 Å². The Morgan fingerprint density at radius 1 is 1.36 bits per heavy atom. The van der Waals surface area contributed by atoms with E-state index in [1.807, 2.05) is 0 Å². The van der Waals surface area contributed by atoms with E-state index in [-0.39, 0.29) is 24.8 Å². The van der Waals surface area contributed by atoms with Crippen molar-refractivity contribution < 1.29 is 14.3 Å². The summed E-state index contributed by atoms with van der Waals surface area (Å²) in [6.45, 7) is 2.33. The summed E-state index contributed by atoms with van der Waals surface area (Å²) in [5.74, 6) is 1.59. The van der Waals surface area contributed by atoms with E-state index in [4.69, 9.17) is 9.47 Å². The largest absolute Gasteiger partial charge is 0.454 e. The molecular weight excluding hydrogens is 378 g/mol. The Morgan fingerprint density at radius 3 is 3.11 bits per heavy atom. The van der Waals surface area contributed by atoms with Gasteiger partial charge in [-0.3, -0.25) is 14.2 Å². The number of nitrogens with zero attached hydrogens (tertiary/aromatic N) is 2. The predicted octanol–water partition coefficient (Wildman–Crippen LogP) is 2.95. The molecular formula is C20H19N3O4S. The van der Waals surface area contributed by atoms with Crippen LogP contribution in [0.2, 0.25) is 0 Å². The van der Waals surface area contributed by atoms with Crippen LogP contribution in [-0.2, 0) is 24.2 Å². The molecule has 1 atom stereocenters. The van der Waals surface area contributed by atoms with Crippen LogP contribution in [0.4, 0.5) is 5.69 Å². The summed E-state index contributed by atoms with van der Waals surface area (Å²) in [5, 5.41) is 3.48. The summed E-state index contributed by atoms with van der Waals surface area (Å²) in [7, 11) is 0. The van der Waals surface area contributed by atoms with Gasteiger partial charge in [0.2, 0.25) is 12.7 Å². The number of hydrogen-bond acceptors (Lipinski definition) is 6. The first-order valence-corrected chi connectivity index (χ1v) is 10.1. The van der Waals surface area contributed by atoms with Gasteiger partial charge in [-0.15, -0.1) is 11.3 Å². The van der Waals surface area contributed by atoms with Crippen LogP contribution in [0.15, 0.2) is 29.3 Å². The molecule has 0 saturated heterocycles. The number of hydrogen-bond donors (Lipinski definition) is 1. The van der Waals surface area contributed by atoms with Gasteiger partial charge in [0.1, 0.15) is 11.4 Å². The van der Waals surface area contributed by atoms with Crippen molar-refractivity contribution in [3.8, 4) is 11.5 Å². The maximum Gasteiger partial charge on any atom is 0.262 e. The summed E-state index contributed by atoms with van der Waals surface area (Å²) in [6.07, 6.45) is 4.45. The van der Waals surface area contributed by atoms with Crippen LogP contribution >= 0.6 is 11.3 Å². The first-order chi connectivity index (χ1) is 13.6. The molecule has 0 bridgehead atoms. The van der Waals surface area contributed by atoms with Gasteiger partial charge in [-0.05, 0) is 42.9 Å². The number of amides is 1. The zero-order valence-corrected chi connectivity index (χ0v) is 16.2. The van der Waals surface area contributed by atoms with E-state index in [9.17, 15) is 9.59 Å². The standard InChI is InChI=1S/C20H19N3O4S/c1-11-2-4-13-16(6-11)28-19-18(13)20(25)23(9-21-19)8-17(24)22-12-3-5-14-15(7-12)27-10-26-14/h3,5,7,9,11H,2,4,6,8,10H2,1H3,(H,22,24)/t11-/m0/s1. The Morgan fingerprint density at radius 2 is 2.21 bits per heavy atom. The molecule has 2 aliphatic rings. The Kier molecular flexibility index (Phi) is 4.08. The molecule has 5 rings (SSSR count). The molecule has 1 aliphatic heterocycles. The second-order valence-electron chi connectivity index (χ2n) is 7.33. The molecule has 0 radical (unpaired) electrons. The van der Waals surface area contributed by atoms with Crippen molar-refractivity contribution in [3.63, 3.8) is 0 Å². The highest BCUT2D eigenvalue weighted by atomic mass is 32.1. The van der Waals surface area contributed by atoms with Gasteiger partial charge in [-0.2, -0.15) is 0 Å². The summed E-state index contributed by atoms with van der Waals surface area (Å²) in [4.78, 5) is 32.0. The molecule has 1 aliphatic carbocycles. The molecule has 1 aromatic carbocycles. The smallest absolute Gasteiger partial charge is 0.262 e. The summed E-state index contributed by atoms with van der Waals surface area (Å²) in [6, 6.07) is 5.20. The van der Waals surface area contributed by atoms with Crippen LogP contribution in [0.3, 0.4) is 0 Å². The van der Waals surface area contributed by atoms with Gasteiger partial charge >= 0.3 is 0 Å². The molecule has 3 heterocycles. The lowest BCUT2D eigenvalue weighted by atomic mass is 9.89. The molecule has 0 fully saturated rings. The molecule has 1 amide bonds. The number of anilines is 1. The topological polar surface area (TPSA) is 82.5 Å². The SMILES string of the molecule is C[C@H]1CCc2c(sc3ncn(CC(=O)Nc4ccc5c(c4)OCO5)c(=O)c23)C1. The van der Waals surface area contributed by atoms with E-state index >= 15 is 0 Å². The second kappa shape index (κ2) is 6.63. The molecule has 2 aromatic heterocycles. The number of ether oxygens (including phenoxy) is 2. The Hall–Kier alpha value is -2.87. The lowest BCUT2D eigenvalue weighted by molar-refractivity contribution is -0.116. The number of thiophene rings is 1. The summed E-state index contributed by atoms with van der Waals surface area (Å²) < 4.78 is 12.0. The number of fused-ring (bicyclic) bond motifs is 4. The monoisotopic (exact) mass is 397 g/mol. The highest BCUT2D eigenvalue weighted by molar-refractivity contribution is 7.18. The number of aryl methyl sites for hydroxylation is 1. The maximum atomic E-state index is 13.0. The van der Waals surface area contributed by atoms with Gasteiger partial charge in [-0.25, -0.2) is 4.98 Å². The van der Waals surface area contributed by atoms with Crippen LogP contribution < -0.4 is 20.3 Å². The minimum Gasteiger partial charge on any atom is -0.454 e. The van der Waals surface area contributed by atoms with Gasteiger partial charge in [0.25, 0.3) is 5.56 Å². The lowest BCUT2D eigenvalue weighted by Gasteiger charge is -2.17. The first kappa shape index (κ1) is 17.2. The van der Waals surface area contributed by atoms with Crippen molar-refractivity contribution in [2.24, 2.45) is 5.92 Å². The quantitative estimate of drug-likeness (QED) is 0.735. The number of aromatic nitrogens is 2. The third-order valence-electron chi connectivity index (χ3n) is 5.25. The number of nitrogens with one attached hydrogen (secondary N) is 1. The lowest BCUT2D eigenvalue weighted by Crippen LogP contribution is -2.28. The number of carbonyl (C=O) groups excluding carboxylic acids is 1. The third kappa shape index (κ3) is 2.93. The molecule has 144 valence electrons. The fraction of sp³-hybridized carbons (Fsp3) is 0.350. The molecule has 28 heavy (non-hydrogen) atoms. The predicted molar refractivity (Wildman–Crippen MR) is 106 cm³/mol. The minimum atomic E-state index is -0.292. The molecule has 8 heteroatoms. The van der Waals surface area contributed by atoms with Gasteiger partial charge in [0.05, 0.1) is 11.7 Å². The van der Waals surface area contributed by atoms with Crippen molar-refractivity contribution in [1.29, 1.82) is 0 Å². The van der Waals surface area contributed by atoms with Crippen LogP contribution in [0.1, 0.15) is 23.8 Å². The molecule has 0 saturated carbocycles. The number of rotatable bonds is 3. The van der Waals surface area contributed by atoms with E-state index in [2.05, 4.69) is 17.2 Å². The average Bonchev–Trinajstić information content (AvgIpc) is 3.27. The van der Waals surface area contributed by atoms with E-state index in [1.54, 1.807) is 29.5 Å². The highest BCUT2D eigenvalue weighted by Crippen LogP contribution is 2.36. The Balaban J connectivity index is 1.40. The fourth-order valence-electron chi connectivity index (χ4n) is 3.81. The van der Waals surface area contributed by atoms with Crippen LogP contribution in [0, 0.1) is 5.92 Å². The van der Waals surface area contributed by atoms with Crippen LogP contribution in [-0.4, -0.2) is 22.3 Å². The fourth-order valence-corrected chi connectivity index (χ4v) is 5.15. The summed E-state index contributed by atoms with van der Waals surface area (Å²) in [5.41, 5.74) is 1.58. The normalized spacial score (nSPS) is 17.5. The zero-order valence-electron chi connectivity index (χ0n) is 15.4. The van der Waals surface area contributed by atoms with E-state index in [1.165, 1.54) is 15.8 Å². The van der Waals surface area contributed by atoms with Crippen molar-refractivity contribution in [2.75, 3.05) is 12.1 Å². The third-order valence-corrected chi connectivity index (χ3v) is 6.41. The number of carbonyl (C=O) groups is 1. The van der Waals surface area contributed by atoms with Crippen LogP contribution in [0.5, 0.6) is 11.5 Å². The Labute approximate surface area is 164 Å². The van der Waals surface area contributed by atoms with Crippen molar-refractivity contribution >= 4 is 33.1 Å². The van der Waals surface area contributed by atoms with Crippen molar-refractivity contribution in [1.82, 2.24) is 9.55 Å². The van der Waals surface area contributed by atoms with Crippen LogP contribution in [0.25, 0.3) is 10.2 Å². The van der Waals surface area contributed by atoms with Gasteiger partial charge in [0, 0.05) is 16.6 Å². The van der Waals surface area contributed by atoms with Gasteiger partial charge in [-0.1, -0.05) is 6.92 Å². The van der Waals surface area contributed by atoms with E-state index in [0.29, 0.717) is 28.5 Å². The minimum absolute atomic E-state index is 0.0861. The maximum absolute atomic E-state index is 13.0. The molecule has 0 unspecified atom stereocenters. The number of benzene rings is 1. The molecule has 7 nitrogen and oxygen atoms in total. The molecule has 3 aromatic rings. The summed E-state index contributed by atoms with van der Waals surface area (Å²) >= 11 is 1.61. The van der Waals surface area contributed by atoms with E-state index in [0.717, 1.165) is 29.7 Å². The zero-order chi connectivity index (χ0) is 19.3. The molecule has 1 N–H and O–H groups in total. The van der Waals surface area contributed by atoms with Gasteiger partial charge < -0.3 is 14.8 Å². The van der Waals surface area contributed by atoms with Gasteiger partial charge in [0.15, 0.2) is 11.5 Å². The second-order valence-corrected chi connectivity index (χ2v) is 8.41. The van der Waals surface area contributed by atoms with E-state index < -0.39 is 0 Å². The average molecular weight is 397 g/mol.